The average molecular weight is 371 g/mol. The lowest BCUT2D eigenvalue weighted by Crippen LogP contribution is -2.49. The Labute approximate surface area is 150 Å². The summed E-state index contributed by atoms with van der Waals surface area (Å²) in [5.74, 6) is -0.756. The SMILES string of the molecule is CC1CCc2ccccc2N1S(=O)(=O)NC(=O)c1cnn2cccnc12. The maximum atomic E-state index is 12.9. The lowest BCUT2D eigenvalue weighted by molar-refractivity contribution is 0.0982. The van der Waals surface area contributed by atoms with Crippen molar-refractivity contribution in [2.45, 2.75) is 25.8 Å². The van der Waals surface area contributed by atoms with Crippen LogP contribution in [0.4, 0.5) is 5.69 Å². The van der Waals surface area contributed by atoms with Crippen molar-refractivity contribution in [1.29, 1.82) is 0 Å². The van der Waals surface area contributed by atoms with Gasteiger partial charge in [-0.3, -0.25) is 9.10 Å². The number of nitrogens with one attached hydrogen (secondary N) is 1. The van der Waals surface area contributed by atoms with Crippen LogP contribution >= 0.6 is 0 Å². The molecule has 134 valence electrons. The second-order valence-corrected chi connectivity index (χ2v) is 7.74. The molecule has 0 saturated carbocycles. The minimum absolute atomic E-state index is 0.104. The number of hydrogen-bond donors (Lipinski definition) is 1. The van der Waals surface area contributed by atoms with Gasteiger partial charge in [0.15, 0.2) is 5.65 Å². The largest absolute Gasteiger partial charge is 0.326 e. The second kappa shape index (κ2) is 6.10. The summed E-state index contributed by atoms with van der Waals surface area (Å²) in [6.45, 7) is 1.83. The van der Waals surface area contributed by atoms with Crippen LogP contribution in [0.5, 0.6) is 0 Å². The van der Waals surface area contributed by atoms with Crippen LogP contribution in [0.2, 0.25) is 0 Å². The van der Waals surface area contributed by atoms with Crippen molar-refractivity contribution >= 4 is 27.5 Å². The van der Waals surface area contributed by atoms with E-state index in [2.05, 4.69) is 14.8 Å². The molecular weight excluding hydrogens is 354 g/mol. The quantitative estimate of drug-likeness (QED) is 0.753. The van der Waals surface area contributed by atoms with Crippen LogP contribution in [-0.2, 0) is 16.6 Å². The van der Waals surface area contributed by atoms with Gasteiger partial charge in [0.1, 0.15) is 5.56 Å². The molecule has 26 heavy (non-hydrogen) atoms. The number of nitrogens with zero attached hydrogens (tertiary/aromatic N) is 4. The molecule has 0 fully saturated rings. The van der Waals surface area contributed by atoms with Crippen molar-refractivity contribution in [3.63, 3.8) is 0 Å². The monoisotopic (exact) mass is 371 g/mol. The maximum absolute atomic E-state index is 12.9. The normalized spacial score (nSPS) is 17.1. The summed E-state index contributed by atoms with van der Waals surface area (Å²) in [5.41, 5.74) is 1.95. The van der Waals surface area contributed by atoms with Gasteiger partial charge in [0.05, 0.1) is 11.9 Å². The molecule has 1 unspecified atom stereocenters. The Kier molecular flexibility index (Phi) is 3.87. The number of aromatic nitrogens is 3. The maximum Gasteiger partial charge on any atom is 0.326 e. The average Bonchev–Trinajstić information content (AvgIpc) is 3.05. The molecule has 3 aromatic rings. The third-order valence-corrected chi connectivity index (χ3v) is 5.98. The van der Waals surface area contributed by atoms with Crippen molar-refractivity contribution in [3.05, 3.63) is 60.0 Å². The van der Waals surface area contributed by atoms with E-state index >= 15 is 0 Å². The summed E-state index contributed by atoms with van der Waals surface area (Å²) in [7, 11) is -4.07. The number of anilines is 1. The Bertz CT molecular complexity index is 1090. The summed E-state index contributed by atoms with van der Waals surface area (Å²) in [6.07, 6.45) is 5.95. The van der Waals surface area contributed by atoms with Gasteiger partial charge < -0.3 is 0 Å². The standard InChI is InChI=1S/C17H17N5O3S/c1-12-7-8-13-5-2-3-6-15(13)22(12)26(24,25)20-17(23)14-11-19-21-10-4-9-18-16(14)21/h2-6,9-12H,7-8H2,1H3,(H,20,23). The number of benzene rings is 1. The Morgan fingerprint density at radius 1 is 1.27 bits per heavy atom. The number of hydrogen-bond acceptors (Lipinski definition) is 5. The van der Waals surface area contributed by atoms with E-state index in [1.807, 2.05) is 19.1 Å². The lowest BCUT2D eigenvalue weighted by atomic mass is 9.99. The van der Waals surface area contributed by atoms with Gasteiger partial charge in [0.25, 0.3) is 5.91 Å². The van der Waals surface area contributed by atoms with Gasteiger partial charge in [-0.25, -0.2) is 14.2 Å². The van der Waals surface area contributed by atoms with Crippen molar-refractivity contribution in [1.82, 2.24) is 19.3 Å². The molecule has 1 atom stereocenters. The third-order valence-electron chi connectivity index (χ3n) is 4.47. The van der Waals surface area contributed by atoms with E-state index in [9.17, 15) is 13.2 Å². The highest BCUT2D eigenvalue weighted by molar-refractivity contribution is 7.91. The van der Waals surface area contributed by atoms with Crippen LogP contribution in [0.3, 0.4) is 0 Å². The molecule has 1 aliphatic rings. The first-order valence-electron chi connectivity index (χ1n) is 8.20. The van der Waals surface area contributed by atoms with Gasteiger partial charge in [-0.05, 0) is 37.5 Å². The first-order chi connectivity index (χ1) is 12.5. The molecule has 3 heterocycles. The Morgan fingerprint density at radius 2 is 2.08 bits per heavy atom. The number of para-hydroxylation sites is 1. The Morgan fingerprint density at radius 3 is 2.92 bits per heavy atom. The molecule has 2 aromatic heterocycles. The van der Waals surface area contributed by atoms with E-state index in [1.54, 1.807) is 24.4 Å². The molecule has 1 aromatic carbocycles. The van der Waals surface area contributed by atoms with E-state index in [-0.39, 0.29) is 11.6 Å². The first-order valence-corrected chi connectivity index (χ1v) is 9.64. The molecule has 9 heteroatoms. The molecule has 0 saturated heterocycles. The molecule has 1 amide bonds. The number of aryl methyl sites for hydroxylation is 1. The minimum Gasteiger partial charge on any atom is -0.268 e. The fraction of sp³-hybridized carbons (Fsp3) is 0.235. The van der Waals surface area contributed by atoms with E-state index in [1.165, 1.54) is 21.2 Å². The Hall–Kier alpha value is -2.94. The van der Waals surface area contributed by atoms with Crippen LogP contribution in [-0.4, -0.2) is 35.0 Å². The van der Waals surface area contributed by atoms with Gasteiger partial charge in [-0.2, -0.15) is 13.5 Å². The molecule has 0 spiro atoms. The molecule has 0 radical (unpaired) electrons. The Balaban J connectivity index is 1.68. The zero-order valence-electron chi connectivity index (χ0n) is 14.0. The van der Waals surface area contributed by atoms with E-state index in [4.69, 9.17) is 0 Å². The molecule has 0 aliphatic carbocycles. The lowest BCUT2D eigenvalue weighted by Gasteiger charge is -2.35. The van der Waals surface area contributed by atoms with E-state index in [0.717, 1.165) is 12.0 Å². The third kappa shape index (κ3) is 2.70. The van der Waals surface area contributed by atoms with Crippen LogP contribution in [0, 0.1) is 0 Å². The predicted molar refractivity (Wildman–Crippen MR) is 96.1 cm³/mol. The van der Waals surface area contributed by atoms with Crippen LogP contribution in [0.1, 0.15) is 29.3 Å². The van der Waals surface area contributed by atoms with Crippen molar-refractivity contribution < 1.29 is 13.2 Å². The molecule has 1 N–H and O–H groups in total. The smallest absolute Gasteiger partial charge is 0.268 e. The highest BCUT2D eigenvalue weighted by Gasteiger charge is 2.34. The topological polar surface area (TPSA) is 96.7 Å². The molecular formula is C17H17N5O3S. The fourth-order valence-electron chi connectivity index (χ4n) is 3.23. The number of fused-ring (bicyclic) bond motifs is 2. The number of carbonyl (C=O) groups excluding carboxylic acids is 1. The molecule has 4 rings (SSSR count). The van der Waals surface area contributed by atoms with E-state index in [0.29, 0.717) is 17.8 Å². The minimum atomic E-state index is -4.07. The van der Waals surface area contributed by atoms with Crippen LogP contribution in [0.25, 0.3) is 5.65 Å². The highest BCUT2D eigenvalue weighted by Crippen LogP contribution is 2.32. The number of amides is 1. The van der Waals surface area contributed by atoms with Crippen molar-refractivity contribution in [2.24, 2.45) is 0 Å². The fourth-order valence-corrected chi connectivity index (χ4v) is 4.69. The van der Waals surface area contributed by atoms with Crippen molar-refractivity contribution in [3.8, 4) is 0 Å². The van der Waals surface area contributed by atoms with E-state index < -0.39 is 16.1 Å². The zero-order chi connectivity index (χ0) is 18.3. The van der Waals surface area contributed by atoms with Crippen LogP contribution in [0.15, 0.2) is 48.9 Å². The zero-order valence-corrected chi connectivity index (χ0v) is 14.8. The first kappa shape index (κ1) is 16.5. The number of carbonyl (C=O) groups is 1. The van der Waals surface area contributed by atoms with Gasteiger partial charge in [-0.15, -0.1) is 0 Å². The van der Waals surface area contributed by atoms with Gasteiger partial charge in [-0.1, -0.05) is 18.2 Å². The van der Waals surface area contributed by atoms with Gasteiger partial charge in [0, 0.05) is 18.4 Å². The summed E-state index contributed by atoms with van der Waals surface area (Å²) < 4.78 is 30.7. The van der Waals surface area contributed by atoms with Gasteiger partial charge >= 0.3 is 10.2 Å². The summed E-state index contributed by atoms with van der Waals surface area (Å²) in [6, 6.07) is 8.74. The number of rotatable bonds is 3. The summed E-state index contributed by atoms with van der Waals surface area (Å²) in [4.78, 5) is 16.7. The summed E-state index contributed by atoms with van der Waals surface area (Å²) >= 11 is 0. The predicted octanol–water partition coefficient (Wildman–Crippen LogP) is 1.55. The second-order valence-electron chi connectivity index (χ2n) is 6.19. The van der Waals surface area contributed by atoms with Crippen molar-refractivity contribution in [2.75, 3.05) is 4.31 Å². The molecule has 8 nitrogen and oxygen atoms in total. The van der Waals surface area contributed by atoms with Crippen LogP contribution < -0.4 is 9.03 Å². The van der Waals surface area contributed by atoms with Gasteiger partial charge in [0.2, 0.25) is 0 Å². The molecule has 0 bridgehead atoms. The summed E-state index contributed by atoms with van der Waals surface area (Å²) in [5, 5.41) is 4.02. The highest BCUT2D eigenvalue weighted by atomic mass is 32.2. The molecule has 1 aliphatic heterocycles.